The van der Waals surface area contributed by atoms with Gasteiger partial charge in [0.1, 0.15) is 23.1 Å². The molecule has 6 rings (SSSR count). The Morgan fingerprint density at radius 3 is 2.45 bits per heavy atom. The fourth-order valence-electron chi connectivity index (χ4n) is 4.88. The summed E-state index contributed by atoms with van der Waals surface area (Å²) in [5, 5.41) is 2.06. The maximum atomic E-state index is 7.90. The first kappa shape index (κ1) is 23.5. The molecule has 3 aromatic heterocycles. The molecule has 0 aliphatic carbocycles. The minimum Gasteiger partial charge on any atom is -0.468 e. The van der Waals surface area contributed by atoms with Crippen molar-refractivity contribution in [3.63, 3.8) is 0 Å². The summed E-state index contributed by atoms with van der Waals surface area (Å²) < 4.78 is 10.5. The van der Waals surface area contributed by atoms with E-state index in [4.69, 9.17) is 16.3 Å². The van der Waals surface area contributed by atoms with Crippen molar-refractivity contribution in [2.24, 2.45) is 7.05 Å². The summed E-state index contributed by atoms with van der Waals surface area (Å²) in [4.78, 5) is 13.0. The summed E-state index contributed by atoms with van der Waals surface area (Å²) in [6, 6.07) is 24.1. The Hall–Kier alpha value is -4.89. The monoisotopic (exact) mass is 497 g/mol. The number of benzene rings is 3. The molecule has 0 bridgehead atoms. The van der Waals surface area contributed by atoms with E-state index in [1.807, 2.05) is 72.5 Å². The lowest BCUT2D eigenvalue weighted by Gasteiger charge is -2.20. The zero-order valence-electron chi connectivity index (χ0n) is 21.8. The number of imidazole rings is 1. The highest BCUT2D eigenvalue weighted by Gasteiger charge is 2.20. The molecule has 3 aromatic carbocycles. The van der Waals surface area contributed by atoms with Gasteiger partial charge in [-0.05, 0) is 58.8 Å². The summed E-state index contributed by atoms with van der Waals surface area (Å²) in [6.07, 6.45) is 5.55. The van der Waals surface area contributed by atoms with Crippen LogP contribution in [0.3, 0.4) is 0 Å². The predicted molar refractivity (Wildman–Crippen MR) is 152 cm³/mol. The summed E-state index contributed by atoms with van der Waals surface area (Å²) in [5.41, 5.74) is 4.56. The molecule has 0 spiro atoms. The third kappa shape index (κ3) is 3.99. The standard InChI is InChI=1S/C32H27N5O/c1-32(2,3)22-13-14-34-30(18-22)37-27-12-7-6-11-24(27)25-19-26(33-4)29(20-28(25)37)38-23-10-8-9-21(17-23)31-35-15-16-36(31)5/h6-20H,1-3,5H3. The van der Waals surface area contributed by atoms with Crippen LogP contribution >= 0.6 is 0 Å². The van der Waals surface area contributed by atoms with E-state index in [9.17, 15) is 0 Å². The van der Waals surface area contributed by atoms with Gasteiger partial charge in [-0.3, -0.25) is 4.57 Å². The fourth-order valence-corrected chi connectivity index (χ4v) is 4.88. The molecule has 0 aliphatic heterocycles. The quantitative estimate of drug-likeness (QED) is 0.231. The molecular formula is C32H27N5O. The number of pyridine rings is 1. The number of rotatable bonds is 4. The Bertz CT molecular complexity index is 1860. The molecule has 0 saturated carbocycles. The molecule has 38 heavy (non-hydrogen) atoms. The maximum Gasteiger partial charge on any atom is 0.229 e. The van der Waals surface area contributed by atoms with E-state index in [2.05, 4.69) is 59.4 Å². The van der Waals surface area contributed by atoms with Gasteiger partial charge in [-0.15, -0.1) is 0 Å². The van der Waals surface area contributed by atoms with Gasteiger partial charge in [0, 0.05) is 36.6 Å². The fraction of sp³-hybridized carbons (Fsp3) is 0.156. The third-order valence-electron chi connectivity index (χ3n) is 6.86. The number of aromatic nitrogens is 4. The average Bonchev–Trinajstić information content (AvgIpc) is 3.48. The van der Waals surface area contributed by atoms with E-state index in [1.165, 1.54) is 5.56 Å². The molecule has 6 nitrogen and oxygen atoms in total. The van der Waals surface area contributed by atoms with Crippen LogP contribution in [0.5, 0.6) is 11.5 Å². The van der Waals surface area contributed by atoms with Gasteiger partial charge in [-0.1, -0.05) is 51.1 Å². The number of hydrogen-bond acceptors (Lipinski definition) is 3. The summed E-state index contributed by atoms with van der Waals surface area (Å²) in [7, 11) is 1.96. The van der Waals surface area contributed by atoms with Gasteiger partial charge in [0.25, 0.3) is 0 Å². The lowest BCUT2D eigenvalue weighted by molar-refractivity contribution is 0.486. The van der Waals surface area contributed by atoms with Crippen LogP contribution in [0.25, 0.3) is 43.9 Å². The van der Waals surface area contributed by atoms with Crippen molar-refractivity contribution in [3.05, 3.63) is 108 Å². The van der Waals surface area contributed by atoms with Crippen molar-refractivity contribution in [1.29, 1.82) is 0 Å². The van der Waals surface area contributed by atoms with Crippen molar-refractivity contribution in [3.8, 4) is 28.7 Å². The molecule has 186 valence electrons. The van der Waals surface area contributed by atoms with E-state index in [-0.39, 0.29) is 5.41 Å². The van der Waals surface area contributed by atoms with Crippen LogP contribution in [0.15, 0.2) is 91.4 Å². The second kappa shape index (κ2) is 8.89. The molecule has 0 saturated heterocycles. The number of nitrogens with zero attached hydrogens (tertiary/aromatic N) is 5. The van der Waals surface area contributed by atoms with Crippen molar-refractivity contribution in [2.45, 2.75) is 26.2 Å². The molecule has 0 N–H and O–H groups in total. The van der Waals surface area contributed by atoms with Crippen LogP contribution < -0.4 is 4.74 Å². The third-order valence-corrected chi connectivity index (χ3v) is 6.86. The molecule has 0 unspecified atom stereocenters. The normalized spacial score (nSPS) is 11.7. The molecule has 0 amide bonds. The van der Waals surface area contributed by atoms with Gasteiger partial charge in [-0.2, -0.15) is 0 Å². The molecule has 0 aliphatic rings. The maximum absolute atomic E-state index is 7.90. The van der Waals surface area contributed by atoms with E-state index in [0.29, 0.717) is 17.2 Å². The summed E-state index contributed by atoms with van der Waals surface area (Å²) in [5.74, 6) is 2.83. The van der Waals surface area contributed by atoms with E-state index in [1.54, 1.807) is 6.20 Å². The van der Waals surface area contributed by atoms with Gasteiger partial charge in [0.15, 0.2) is 0 Å². The van der Waals surface area contributed by atoms with Gasteiger partial charge >= 0.3 is 0 Å². The van der Waals surface area contributed by atoms with Gasteiger partial charge in [0.05, 0.1) is 17.6 Å². The first-order valence-corrected chi connectivity index (χ1v) is 12.5. The number of ether oxygens (including phenoxy) is 1. The van der Waals surface area contributed by atoms with Crippen LogP contribution in [-0.2, 0) is 12.5 Å². The van der Waals surface area contributed by atoms with Crippen LogP contribution in [0.1, 0.15) is 26.3 Å². The van der Waals surface area contributed by atoms with E-state index >= 15 is 0 Å². The number of para-hydroxylation sites is 1. The van der Waals surface area contributed by atoms with Gasteiger partial charge in [0.2, 0.25) is 5.69 Å². The molecule has 3 heterocycles. The highest BCUT2D eigenvalue weighted by Crippen LogP contribution is 2.41. The van der Waals surface area contributed by atoms with Crippen molar-refractivity contribution in [1.82, 2.24) is 19.1 Å². The van der Waals surface area contributed by atoms with Gasteiger partial charge in [-0.25, -0.2) is 14.8 Å². The molecule has 6 aromatic rings. The Balaban J connectivity index is 1.54. The van der Waals surface area contributed by atoms with Crippen molar-refractivity contribution in [2.75, 3.05) is 0 Å². The SMILES string of the molecule is [C-]#[N+]c1cc2c3ccccc3n(-c3cc(C(C)(C)C)ccn3)c2cc1Oc1cccc(-c2nccn2C)c1. The second-order valence-electron chi connectivity index (χ2n) is 10.4. The van der Waals surface area contributed by atoms with Gasteiger partial charge < -0.3 is 9.30 Å². The zero-order chi connectivity index (χ0) is 26.4. The summed E-state index contributed by atoms with van der Waals surface area (Å²) >= 11 is 0. The zero-order valence-corrected chi connectivity index (χ0v) is 21.8. The number of fused-ring (bicyclic) bond motifs is 3. The largest absolute Gasteiger partial charge is 0.468 e. The van der Waals surface area contributed by atoms with E-state index < -0.39 is 0 Å². The van der Waals surface area contributed by atoms with Crippen LogP contribution in [0.4, 0.5) is 5.69 Å². The Kier molecular flexibility index (Phi) is 5.50. The van der Waals surface area contributed by atoms with Crippen LogP contribution in [-0.4, -0.2) is 19.1 Å². The molecule has 0 fully saturated rings. The summed E-state index contributed by atoms with van der Waals surface area (Å²) in [6.45, 7) is 14.5. The lowest BCUT2D eigenvalue weighted by atomic mass is 9.88. The average molecular weight is 498 g/mol. The van der Waals surface area contributed by atoms with Crippen molar-refractivity contribution < 1.29 is 4.74 Å². The first-order chi connectivity index (χ1) is 18.3. The lowest BCUT2D eigenvalue weighted by Crippen LogP contribution is -2.12. The van der Waals surface area contributed by atoms with Crippen LogP contribution in [0, 0.1) is 6.57 Å². The Morgan fingerprint density at radius 2 is 1.68 bits per heavy atom. The number of hydrogen-bond donors (Lipinski definition) is 0. The Labute approximate surface area is 221 Å². The first-order valence-electron chi connectivity index (χ1n) is 12.5. The van der Waals surface area contributed by atoms with Crippen molar-refractivity contribution >= 4 is 27.5 Å². The number of aryl methyl sites for hydroxylation is 1. The molecule has 6 heteroatoms. The molecule has 0 atom stereocenters. The highest BCUT2D eigenvalue weighted by molar-refractivity contribution is 6.11. The smallest absolute Gasteiger partial charge is 0.229 e. The predicted octanol–water partition coefficient (Wildman–Crippen LogP) is 8.22. The topological polar surface area (TPSA) is 49.2 Å². The Morgan fingerprint density at radius 1 is 0.842 bits per heavy atom. The van der Waals surface area contributed by atoms with Crippen LogP contribution in [0.2, 0.25) is 0 Å². The second-order valence-corrected chi connectivity index (χ2v) is 10.4. The van der Waals surface area contributed by atoms with E-state index in [0.717, 1.165) is 39.0 Å². The molecular weight excluding hydrogens is 470 g/mol. The minimum atomic E-state index is -0.0137. The minimum absolute atomic E-state index is 0.0137. The highest BCUT2D eigenvalue weighted by atomic mass is 16.5. The molecule has 0 radical (unpaired) electrons.